The molecule has 16 heavy (non-hydrogen) atoms. The first-order valence-electron chi connectivity index (χ1n) is 4.93. The lowest BCUT2D eigenvalue weighted by Crippen LogP contribution is -2.34. The number of anilines is 1. The molecule has 0 aromatic heterocycles. The zero-order chi connectivity index (χ0) is 12.0. The van der Waals surface area contributed by atoms with E-state index in [4.69, 9.17) is 5.73 Å². The summed E-state index contributed by atoms with van der Waals surface area (Å²) in [6, 6.07) is 7.46. The van der Waals surface area contributed by atoms with Crippen LogP contribution < -0.4 is 16.4 Å². The lowest BCUT2D eigenvalue weighted by molar-refractivity contribution is -0.117. The fourth-order valence-corrected chi connectivity index (χ4v) is 1.14. The molecule has 1 rings (SSSR count). The molecule has 0 atom stereocenters. The summed E-state index contributed by atoms with van der Waals surface area (Å²) in [5.74, 6) is -0.687. The number of primary amides is 1. The summed E-state index contributed by atoms with van der Waals surface area (Å²) in [6.45, 7) is 2.04. The van der Waals surface area contributed by atoms with Crippen molar-refractivity contribution in [1.82, 2.24) is 5.32 Å². The van der Waals surface area contributed by atoms with E-state index in [2.05, 4.69) is 10.6 Å². The average molecular weight is 221 g/mol. The highest BCUT2D eigenvalue weighted by Crippen LogP contribution is 2.07. The molecule has 5 nitrogen and oxygen atoms in total. The molecule has 0 saturated carbocycles. The SMILES string of the molecule is Cc1ccc(NC(=O)CNCC(N)=O)cc1. The zero-order valence-electron chi connectivity index (χ0n) is 9.12. The van der Waals surface area contributed by atoms with Crippen LogP contribution in [0.25, 0.3) is 0 Å². The van der Waals surface area contributed by atoms with E-state index in [1.165, 1.54) is 0 Å². The van der Waals surface area contributed by atoms with Crippen LogP contribution in [0.4, 0.5) is 5.69 Å². The Morgan fingerprint density at radius 1 is 1.19 bits per heavy atom. The maximum atomic E-state index is 11.4. The number of aryl methyl sites for hydroxylation is 1. The minimum Gasteiger partial charge on any atom is -0.369 e. The van der Waals surface area contributed by atoms with E-state index in [-0.39, 0.29) is 19.0 Å². The summed E-state index contributed by atoms with van der Waals surface area (Å²) < 4.78 is 0. The van der Waals surface area contributed by atoms with E-state index in [0.717, 1.165) is 11.3 Å². The average Bonchev–Trinajstić information content (AvgIpc) is 2.21. The van der Waals surface area contributed by atoms with Gasteiger partial charge in [-0.25, -0.2) is 0 Å². The molecule has 86 valence electrons. The summed E-state index contributed by atoms with van der Waals surface area (Å²) in [5, 5.41) is 5.32. The Kier molecular flexibility index (Phi) is 4.47. The molecule has 0 aliphatic rings. The fourth-order valence-electron chi connectivity index (χ4n) is 1.14. The standard InChI is InChI=1S/C11H15N3O2/c1-8-2-4-9(5-3-8)14-11(16)7-13-6-10(12)15/h2-5,13H,6-7H2,1H3,(H2,12,15)(H,14,16). The molecule has 0 spiro atoms. The number of amides is 2. The van der Waals surface area contributed by atoms with E-state index in [1.807, 2.05) is 31.2 Å². The van der Waals surface area contributed by atoms with Gasteiger partial charge in [0, 0.05) is 5.69 Å². The van der Waals surface area contributed by atoms with E-state index < -0.39 is 5.91 Å². The van der Waals surface area contributed by atoms with Crippen molar-refractivity contribution in [2.75, 3.05) is 18.4 Å². The number of nitrogens with one attached hydrogen (secondary N) is 2. The molecule has 4 N–H and O–H groups in total. The molecule has 5 heteroatoms. The van der Waals surface area contributed by atoms with Crippen molar-refractivity contribution >= 4 is 17.5 Å². The monoisotopic (exact) mass is 221 g/mol. The van der Waals surface area contributed by atoms with Gasteiger partial charge in [0.25, 0.3) is 0 Å². The van der Waals surface area contributed by atoms with Crippen molar-refractivity contribution < 1.29 is 9.59 Å². The first kappa shape index (κ1) is 12.2. The third-order valence-electron chi connectivity index (χ3n) is 1.92. The number of rotatable bonds is 5. The second kappa shape index (κ2) is 5.87. The van der Waals surface area contributed by atoms with Gasteiger partial charge in [-0.1, -0.05) is 17.7 Å². The van der Waals surface area contributed by atoms with Crippen LogP contribution in [0.2, 0.25) is 0 Å². The molecule has 0 unspecified atom stereocenters. The molecule has 2 amide bonds. The van der Waals surface area contributed by atoms with Gasteiger partial charge in [0.15, 0.2) is 0 Å². The van der Waals surface area contributed by atoms with Crippen LogP contribution >= 0.6 is 0 Å². The van der Waals surface area contributed by atoms with Crippen molar-refractivity contribution in [2.24, 2.45) is 5.73 Å². The molecule has 0 aliphatic heterocycles. The third-order valence-corrected chi connectivity index (χ3v) is 1.92. The van der Waals surface area contributed by atoms with Crippen LogP contribution in [-0.4, -0.2) is 24.9 Å². The molecule has 0 bridgehead atoms. The molecular formula is C11H15N3O2. The molecule has 0 saturated heterocycles. The highest BCUT2D eigenvalue weighted by atomic mass is 16.2. The summed E-state index contributed by atoms with van der Waals surface area (Å²) in [7, 11) is 0. The molecule has 0 fully saturated rings. The fraction of sp³-hybridized carbons (Fsp3) is 0.273. The Balaban J connectivity index is 2.34. The normalized spacial score (nSPS) is 9.81. The van der Waals surface area contributed by atoms with Crippen molar-refractivity contribution in [3.8, 4) is 0 Å². The van der Waals surface area contributed by atoms with Crippen molar-refractivity contribution in [1.29, 1.82) is 0 Å². The Bertz CT molecular complexity index is 373. The second-order valence-corrected chi connectivity index (χ2v) is 3.48. The second-order valence-electron chi connectivity index (χ2n) is 3.48. The van der Waals surface area contributed by atoms with Gasteiger partial charge in [-0.05, 0) is 19.1 Å². The number of nitrogens with two attached hydrogens (primary N) is 1. The van der Waals surface area contributed by atoms with Gasteiger partial charge in [-0.3, -0.25) is 14.9 Å². The third kappa shape index (κ3) is 4.56. The van der Waals surface area contributed by atoms with Crippen LogP contribution in [0.3, 0.4) is 0 Å². The first-order chi connectivity index (χ1) is 7.58. The molecule has 1 aromatic rings. The Labute approximate surface area is 94.0 Å². The van der Waals surface area contributed by atoms with Crippen molar-refractivity contribution in [3.05, 3.63) is 29.8 Å². The van der Waals surface area contributed by atoms with E-state index >= 15 is 0 Å². The van der Waals surface area contributed by atoms with E-state index in [9.17, 15) is 9.59 Å². The van der Waals surface area contributed by atoms with Crippen molar-refractivity contribution in [2.45, 2.75) is 6.92 Å². The Morgan fingerprint density at radius 3 is 2.38 bits per heavy atom. The van der Waals surface area contributed by atoms with Gasteiger partial charge in [-0.2, -0.15) is 0 Å². The number of hydrogen-bond donors (Lipinski definition) is 3. The first-order valence-corrected chi connectivity index (χ1v) is 4.93. The maximum absolute atomic E-state index is 11.4. The predicted octanol–water partition coefficient (Wildman–Crippen LogP) is 0.00842. The van der Waals surface area contributed by atoms with Gasteiger partial charge in [-0.15, -0.1) is 0 Å². The van der Waals surface area contributed by atoms with Crippen LogP contribution in [0.5, 0.6) is 0 Å². The number of hydrogen-bond acceptors (Lipinski definition) is 3. The lowest BCUT2D eigenvalue weighted by atomic mass is 10.2. The smallest absolute Gasteiger partial charge is 0.238 e. The summed E-state index contributed by atoms with van der Waals surface area (Å²) in [4.78, 5) is 21.8. The molecule has 0 aliphatic carbocycles. The van der Waals surface area contributed by atoms with E-state index in [0.29, 0.717) is 0 Å². The largest absolute Gasteiger partial charge is 0.369 e. The van der Waals surface area contributed by atoms with E-state index in [1.54, 1.807) is 0 Å². The topological polar surface area (TPSA) is 84.2 Å². The molecule has 0 heterocycles. The Hall–Kier alpha value is -1.88. The number of carbonyl (C=O) groups is 2. The van der Waals surface area contributed by atoms with Crippen LogP contribution in [0, 0.1) is 6.92 Å². The van der Waals surface area contributed by atoms with Crippen LogP contribution in [0.15, 0.2) is 24.3 Å². The Morgan fingerprint density at radius 2 is 1.81 bits per heavy atom. The predicted molar refractivity (Wildman–Crippen MR) is 61.9 cm³/mol. The molecular weight excluding hydrogens is 206 g/mol. The number of carbonyl (C=O) groups excluding carboxylic acids is 2. The summed E-state index contributed by atoms with van der Waals surface area (Å²) in [6.07, 6.45) is 0. The maximum Gasteiger partial charge on any atom is 0.238 e. The minimum atomic E-state index is -0.483. The van der Waals surface area contributed by atoms with Crippen molar-refractivity contribution in [3.63, 3.8) is 0 Å². The summed E-state index contributed by atoms with van der Waals surface area (Å²) in [5.41, 5.74) is 6.78. The highest BCUT2D eigenvalue weighted by molar-refractivity contribution is 5.92. The minimum absolute atomic E-state index is 0.00131. The van der Waals surface area contributed by atoms with Gasteiger partial charge < -0.3 is 11.1 Å². The van der Waals surface area contributed by atoms with Gasteiger partial charge in [0.2, 0.25) is 11.8 Å². The van der Waals surface area contributed by atoms with Gasteiger partial charge in [0.05, 0.1) is 13.1 Å². The molecule has 0 radical (unpaired) electrons. The van der Waals surface area contributed by atoms with Crippen LogP contribution in [0.1, 0.15) is 5.56 Å². The highest BCUT2D eigenvalue weighted by Gasteiger charge is 2.02. The van der Waals surface area contributed by atoms with Gasteiger partial charge in [0.1, 0.15) is 0 Å². The lowest BCUT2D eigenvalue weighted by Gasteiger charge is -2.05. The number of benzene rings is 1. The van der Waals surface area contributed by atoms with Gasteiger partial charge >= 0.3 is 0 Å². The quantitative estimate of drug-likeness (QED) is 0.654. The summed E-state index contributed by atoms with van der Waals surface area (Å²) >= 11 is 0. The zero-order valence-corrected chi connectivity index (χ0v) is 9.12. The molecule has 1 aromatic carbocycles. The van der Waals surface area contributed by atoms with Crippen LogP contribution in [-0.2, 0) is 9.59 Å².